The molecular formula is C12H15O7P. The lowest BCUT2D eigenvalue weighted by Crippen LogP contribution is -2.08. The highest BCUT2D eigenvalue weighted by atomic mass is 31.2. The second kappa shape index (κ2) is 6.56. The summed E-state index contributed by atoms with van der Waals surface area (Å²) in [5.74, 6) is -0.328. The van der Waals surface area contributed by atoms with Crippen LogP contribution < -0.4 is 9.26 Å². The van der Waals surface area contributed by atoms with E-state index in [2.05, 4.69) is 11.1 Å². The number of carbonyl (C=O) groups is 1. The van der Waals surface area contributed by atoms with Crippen LogP contribution in [0.1, 0.15) is 18.6 Å². The maximum Gasteiger partial charge on any atom is 0.524 e. The van der Waals surface area contributed by atoms with E-state index in [1.165, 1.54) is 32.2 Å². The minimum Gasteiger partial charge on any atom is -0.497 e. The van der Waals surface area contributed by atoms with Crippen molar-refractivity contribution in [3.8, 4) is 11.5 Å². The first-order chi connectivity index (χ1) is 9.26. The van der Waals surface area contributed by atoms with E-state index in [4.69, 9.17) is 19.3 Å². The quantitative estimate of drug-likeness (QED) is 0.470. The molecule has 1 unspecified atom stereocenters. The molecule has 0 heterocycles. The number of esters is 1. The summed E-state index contributed by atoms with van der Waals surface area (Å²) in [6.45, 7) is 4.80. The fourth-order valence-electron chi connectivity index (χ4n) is 1.47. The molecule has 0 aliphatic carbocycles. The average Bonchev–Trinajstić information content (AvgIpc) is 2.37. The molecule has 0 saturated heterocycles. The predicted octanol–water partition coefficient (Wildman–Crippen LogP) is 1.96. The molecule has 0 aliphatic heterocycles. The summed E-state index contributed by atoms with van der Waals surface area (Å²) >= 11 is 0. The number of hydrogen-bond acceptors (Lipinski definition) is 5. The normalized spacial score (nSPS) is 12.4. The van der Waals surface area contributed by atoms with E-state index < -0.39 is 19.9 Å². The second-order valence-electron chi connectivity index (χ2n) is 3.77. The molecule has 2 N–H and O–H groups in total. The number of hydrogen-bond donors (Lipinski definition) is 2. The summed E-state index contributed by atoms with van der Waals surface area (Å²) in [5, 5.41) is 0. The van der Waals surface area contributed by atoms with Gasteiger partial charge in [0.05, 0.1) is 7.11 Å². The van der Waals surface area contributed by atoms with Crippen LogP contribution in [-0.4, -0.2) is 22.9 Å². The van der Waals surface area contributed by atoms with Gasteiger partial charge >= 0.3 is 13.8 Å². The third-order valence-corrected chi connectivity index (χ3v) is 2.77. The number of carbonyl (C=O) groups excluding carboxylic acids is 1. The van der Waals surface area contributed by atoms with Crippen molar-refractivity contribution in [2.75, 3.05) is 7.11 Å². The Balaban J connectivity index is 3.14. The molecule has 1 rings (SSSR count). The summed E-state index contributed by atoms with van der Waals surface area (Å²) in [5.41, 5.74) is 0.267. The van der Waals surface area contributed by atoms with Crippen LogP contribution in [0.4, 0.5) is 0 Å². The molecule has 110 valence electrons. The highest BCUT2D eigenvalue weighted by Crippen LogP contribution is 2.42. The van der Waals surface area contributed by atoms with Crippen LogP contribution in [-0.2, 0) is 14.1 Å². The maximum atomic E-state index is 11.2. The molecule has 0 saturated carbocycles. The Morgan fingerprint density at radius 2 is 2.10 bits per heavy atom. The molecule has 0 radical (unpaired) electrons. The van der Waals surface area contributed by atoms with Crippen molar-refractivity contribution in [1.29, 1.82) is 0 Å². The molecule has 1 aromatic rings. The summed E-state index contributed by atoms with van der Waals surface area (Å²) < 4.78 is 25.5. The highest BCUT2D eigenvalue weighted by molar-refractivity contribution is 7.46. The van der Waals surface area contributed by atoms with E-state index in [0.717, 1.165) is 6.08 Å². The smallest absolute Gasteiger partial charge is 0.497 e. The fraction of sp³-hybridized carbons (Fsp3) is 0.250. The van der Waals surface area contributed by atoms with Gasteiger partial charge in [0, 0.05) is 11.6 Å². The zero-order valence-electron chi connectivity index (χ0n) is 11.0. The van der Waals surface area contributed by atoms with Gasteiger partial charge in [-0.1, -0.05) is 6.58 Å². The van der Waals surface area contributed by atoms with Crippen LogP contribution in [0.25, 0.3) is 0 Å². The Labute approximate surface area is 116 Å². The van der Waals surface area contributed by atoms with Crippen molar-refractivity contribution >= 4 is 13.8 Å². The molecule has 0 fully saturated rings. The standard InChI is InChI=1S/C12H15O7P/c1-4-12(13)18-8(2)10-7-9(17-3)5-6-11(10)19-20(14,15)16/h4-8H,1H2,2-3H3,(H2,14,15,16). The van der Waals surface area contributed by atoms with Crippen molar-refractivity contribution in [2.24, 2.45) is 0 Å². The molecule has 0 bridgehead atoms. The summed E-state index contributed by atoms with van der Waals surface area (Å²) in [7, 11) is -3.29. The number of phosphoric ester groups is 1. The van der Waals surface area contributed by atoms with E-state index >= 15 is 0 Å². The van der Waals surface area contributed by atoms with Gasteiger partial charge < -0.3 is 14.0 Å². The van der Waals surface area contributed by atoms with E-state index in [1.807, 2.05) is 0 Å². The molecule has 20 heavy (non-hydrogen) atoms. The minimum absolute atomic E-state index is 0.0940. The van der Waals surface area contributed by atoms with Crippen LogP contribution >= 0.6 is 7.82 Å². The van der Waals surface area contributed by atoms with E-state index in [0.29, 0.717) is 5.75 Å². The zero-order chi connectivity index (χ0) is 15.3. The number of ether oxygens (including phenoxy) is 2. The van der Waals surface area contributed by atoms with Crippen LogP contribution in [0.5, 0.6) is 11.5 Å². The lowest BCUT2D eigenvalue weighted by Gasteiger charge is -2.18. The van der Waals surface area contributed by atoms with E-state index in [-0.39, 0.29) is 11.3 Å². The molecule has 7 nitrogen and oxygen atoms in total. The summed E-state index contributed by atoms with van der Waals surface area (Å²) in [4.78, 5) is 28.9. The van der Waals surface area contributed by atoms with Gasteiger partial charge in [-0.05, 0) is 25.1 Å². The van der Waals surface area contributed by atoms with Gasteiger partial charge in [0.1, 0.15) is 17.6 Å². The minimum atomic E-state index is -4.72. The van der Waals surface area contributed by atoms with Crippen molar-refractivity contribution in [2.45, 2.75) is 13.0 Å². The summed E-state index contributed by atoms with van der Waals surface area (Å²) in [6.07, 6.45) is 0.192. The lowest BCUT2D eigenvalue weighted by atomic mass is 10.1. The second-order valence-corrected chi connectivity index (χ2v) is 4.93. The van der Waals surface area contributed by atoms with Gasteiger partial charge in [-0.3, -0.25) is 9.79 Å². The lowest BCUT2D eigenvalue weighted by molar-refractivity contribution is -0.142. The number of benzene rings is 1. The third-order valence-electron chi connectivity index (χ3n) is 2.33. The average molecular weight is 302 g/mol. The first-order valence-electron chi connectivity index (χ1n) is 5.53. The number of phosphoric acid groups is 1. The molecule has 1 aromatic carbocycles. The SMILES string of the molecule is C=CC(=O)OC(C)c1cc(OC)ccc1OP(=O)(O)O. The van der Waals surface area contributed by atoms with Gasteiger partial charge in [-0.2, -0.15) is 0 Å². The molecule has 0 aromatic heterocycles. The molecule has 0 aliphatic rings. The largest absolute Gasteiger partial charge is 0.524 e. The predicted molar refractivity (Wildman–Crippen MR) is 70.4 cm³/mol. The van der Waals surface area contributed by atoms with Crippen LogP contribution in [0, 0.1) is 0 Å². The van der Waals surface area contributed by atoms with Gasteiger partial charge in [-0.25, -0.2) is 9.36 Å². The Kier molecular flexibility index (Phi) is 5.33. The van der Waals surface area contributed by atoms with Crippen LogP contribution in [0.3, 0.4) is 0 Å². The van der Waals surface area contributed by atoms with Crippen molar-refractivity contribution in [1.82, 2.24) is 0 Å². The Morgan fingerprint density at radius 3 is 2.60 bits per heavy atom. The maximum absolute atomic E-state index is 11.2. The Morgan fingerprint density at radius 1 is 1.45 bits per heavy atom. The van der Waals surface area contributed by atoms with Crippen molar-refractivity contribution in [3.63, 3.8) is 0 Å². The van der Waals surface area contributed by atoms with Crippen LogP contribution in [0.15, 0.2) is 30.9 Å². The zero-order valence-corrected chi connectivity index (χ0v) is 11.9. The van der Waals surface area contributed by atoms with Gasteiger partial charge in [0.2, 0.25) is 0 Å². The molecule has 0 spiro atoms. The molecule has 8 heteroatoms. The first-order valence-corrected chi connectivity index (χ1v) is 7.06. The van der Waals surface area contributed by atoms with E-state index in [9.17, 15) is 9.36 Å². The molecule has 1 atom stereocenters. The third kappa shape index (κ3) is 4.70. The number of rotatable bonds is 6. The fourth-order valence-corrected chi connectivity index (χ4v) is 1.89. The van der Waals surface area contributed by atoms with Crippen molar-refractivity contribution < 1.29 is 33.1 Å². The van der Waals surface area contributed by atoms with Crippen LogP contribution in [0.2, 0.25) is 0 Å². The number of methoxy groups -OCH3 is 1. The van der Waals surface area contributed by atoms with E-state index in [1.54, 1.807) is 0 Å². The van der Waals surface area contributed by atoms with Gasteiger partial charge in [0.25, 0.3) is 0 Å². The Bertz CT molecular complexity index is 549. The van der Waals surface area contributed by atoms with Crippen molar-refractivity contribution in [3.05, 3.63) is 36.4 Å². The molecular weight excluding hydrogens is 287 g/mol. The highest BCUT2D eigenvalue weighted by Gasteiger charge is 2.22. The monoisotopic (exact) mass is 302 g/mol. The summed E-state index contributed by atoms with van der Waals surface area (Å²) in [6, 6.07) is 4.26. The first kappa shape index (κ1) is 16.2. The van der Waals surface area contributed by atoms with Gasteiger partial charge in [-0.15, -0.1) is 0 Å². The Hall–Kier alpha value is -1.82. The topological polar surface area (TPSA) is 102 Å². The molecule has 0 amide bonds. The van der Waals surface area contributed by atoms with Gasteiger partial charge in [0.15, 0.2) is 0 Å².